The summed E-state index contributed by atoms with van der Waals surface area (Å²) in [6.45, 7) is 6.97. The van der Waals surface area contributed by atoms with E-state index in [1.165, 1.54) is 0 Å². The van der Waals surface area contributed by atoms with Gasteiger partial charge in [-0.05, 0) is 57.0 Å². The van der Waals surface area contributed by atoms with Crippen LogP contribution in [0.15, 0.2) is 36.4 Å². The van der Waals surface area contributed by atoms with Gasteiger partial charge in [0.1, 0.15) is 5.75 Å². The summed E-state index contributed by atoms with van der Waals surface area (Å²) < 4.78 is 8.10. The Morgan fingerprint density at radius 2 is 2.00 bits per heavy atom. The van der Waals surface area contributed by atoms with Crippen molar-refractivity contribution in [1.82, 2.24) is 4.57 Å². The number of hydrogen-bond acceptors (Lipinski definition) is 3. The minimum absolute atomic E-state index is 0.0788. The maximum atomic E-state index is 11.6. The number of hydrogen-bond donors (Lipinski definition) is 2. The minimum atomic E-state index is 0.0788. The fourth-order valence-electron chi connectivity index (χ4n) is 3.87. The average molecular weight is 363 g/mol. The molecule has 0 saturated heterocycles. The second-order valence-corrected chi connectivity index (χ2v) is 7.27. The lowest BCUT2D eigenvalue weighted by Gasteiger charge is -2.18. The number of nitrogens with one attached hydrogen (secondary N) is 1. The highest BCUT2D eigenvalue weighted by atomic mass is 16.5. The first kappa shape index (κ1) is 17.5. The number of nitrogen functional groups attached to an aromatic ring is 1. The van der Waals surface area contributed by atoms with E-state index in [0.717, 1.165) is 57.8 Å². The number of fused-ring (bicyclic) bond motifs is 2. The van der Waals surface area contributed by atoms with Gasteiger partial charge in [-0.1, -0.05) is 6.07 Å². The molecule has 0 radical (unpaired) electrons. The first-order chi connectivity index (χ1) is 13.0. The topological polar surface area (TPSA) is 69.3 Å². The zero-order valence-corrected chi connectivity index (χ0v) is 16.0. The normalized spacial score (nSPS) is 13.7. The summed E-state index contributed by atoms with van der Waals surface area (Å²) in [5.41, 5.74) is 12.6. The number of benzene rings is 2. The Morgan fingerprint density at radius 3 is 2.74 bits per heavy atom. The van der Waals surface area contributed by atoms with Crippen molar-refractivity contribution in [3.05, 3.63) is 42.0 Å². The van der Waals surface area contributed by atoms with E-state index in [9.17, 15) is 4.79 Å². The SMILES string of the molecule is CCn1c(-c2ccc3c(c2)CCC(=O)N3)c(N)c2ccc(OC(C)C)cc21. The lowest BCUT2D eigenvalue weighted by atomic mass is 9.98. The van der Waals surface area contributed by atoms with Crippen LogP contribution >= 0.6 is 0 Å². The molecule has 3 N–H and O–H groups in total. The number of nitrogens with zero attached hydrogens (tertiary/aromatic N) is 1. The largest absolute Gasteiger partial charge is 0.491 e. The molecular formula is C22H25N3O2. The quantitative estimate of drug-likeness (QED) is 0.713. The first-order valence-corrected chi connectivity index (χ1v) is 9.49. The highest BCUT2D eigenvalue weighted by Gasteiger charge is 2.20. The maximum Gasteiger partial charge on any atom is 0.224 e. The molecule has 2 heterocycles. The molecular weight excluding hydrogens is 338 g/mol. The van der Waals surface area contributed by atoms with Gasteiger partial charge >= 0.3 is 0 Å². The Kier molecular flexibility index (Phi) is 4.30. The number of amides is 1. The van der Waals surface area contributed by atoms with Crippen LogP contribution in [0.4, 0.5) is 11.4 Å². The molecule has 5 heteroatoms. The zero-order valence-electron chi connectivity index (χ0n) is 16.0. The fourth-order valence-corrected chi connectivity index (χ4v) is 3.87. The first-order valence-electron chi connectivity index (χ1n) is 9.49. The van der Waals surface area contributed by atoms with E-state index in [1.807, 2.05) is 38.1 Å². The van der Waals surface area contributed by atoms with Gasteiger partial charge in [-0.15, -0.1) is 0 Å². The lowest BCUT2D eigenvalue weighted by molar-refractivity contribution is -0.116. The Morgan fingerprint density at radius 1 is 1.19 bits per heavy atom. The molecule has 0 spiro atoms. The molecule has 4 rings (SSSR count). The summed E-state index contributed by atoms with van der Waals surface area (Å²) in [6, 6.07) is 12.2. The van der Waals surface area contributed by atoms with Gasteiger partial charge in [-0.2, -0.15) is 0 Å². The van der Waals surface area contributed by atoms with Crippen LogP contribution in [0.3, 0.4) is 0 Å². The standard InChI is InChI=1S/C22H25N3O2/c1-4-25-19-12-16(27-13(2)3)7-8-17(19)21(23)22(25)15-5-9-18-14(11-15)6-10-20(26)24-18/h5,7-9,11-13H,4,6,10,23H2,1-3H3,(H,24,26). The van der Waals surface area contributed by atoms with E-state index in [-0.39, 0.29) is 12.0 Å². The van der Waals surface area contributed by atoms with Crippen LogP contribution in [0.2, 0.25) is 0 Å². The highest BCUT2D eigenvalue weighted by Crippen LogP contribution is 2.39. The third-order valence-corrected chi connectivity index (χ3v) is 5.04. The Hall–Kier alpha value is -2.95. The van der Waals surface area contributed by atoms with Crippen LogP contribution in [-0.4, -0.2) is 16.6 Å². The second kappa shape index (κ2) is 6.65. The molecule has 1 aliphatic heterocycles. The summed E-state index contributed by atoms with van der Waals surface area (Å²) in [5.74, 6) is 0.930. The van der Waals surface area contributed by atoms with E-state index in [2.05, 4.69) is 28.9 Å². The third-order valence-electron chi connectivity index (χ3n) is 5.04. The van der Waals surface area contributed by atoms with Crippen LogP contribution in [0.1, 0.15) is 32.8 Å². The number of carbonyl (C=O) groups is 1. The van der Waals surface area contributed by atoms with Crippen LogP contribution in [0.25, 0.3) is 22.2 Å². The molecule has 1 amide bonds. The van der Waals surface area contributed by atoms with Crippen molar-refractivity contribution in [1.29, 1.82) is 0 Å². The number of anilines is 2. The van der Waals surface area contributed by atoms with Crippen molar-refractivity contribution in [2.75, 3.05) is 11.1 Å². The molecule has 0 unspecified atom stereocenters. The molecule has 0 bridgehead atoms. The monoisotopic (exact) mass is 363 g/mol. The molecule has 0 atom stereocenters. The maximum absolute atomic E-state index is 11.6. The Balaban J connectivity index is 1.86. The van der Waals surface area contributed by atoms with Crippen LogP contribution in [0.5, 0.6) is 5.75 Å². The molecule has 140 valence electrons. The molecule has 1 aliphatic rings. The highest BCUT2D eigenvalue weighted by molar-refractivity contribution is 6.02. The molecule has 0 aliphatic carbocycles. The van der Waals surface area contributed by atoms with Gasteiger partial charge in [0, 0.05) is 35.7 Å². The van der Waals surface area contributed by atoms with Gasteiger partial charge in [0.15, 0.2) is 0 Å². The van der Waals surface area contributed by atoms with Crippen LogP contribution in [-0.2, 0) is 17.8 Å². The van der Waals surface area contributed by atoms with Gasteiger partial charge in [-0.25, -0.2) is 0 Å². The summed E-state index contributed by atoms with van der Waals surface area (Å²) in [4.78, 5) is 11.6. The van der Waals surface area contributed by atoms with Crippen molar-refractivity contribution >= 4 is 28.2 Å². The number of nitrogens with two attached hydrogens (primary N) is 1. The average Bonchev–Trinajstić information content (AvgIpc) is 2.92. The van der Waals surface area contributed by atoms with E-state index >= 15 is 0 Å². The number of aryl methyl sites for hydroxylation is 2. The molecule has 2 aromatic carbocycles. The molecule has 0 fully saturated rings. The van der Waals surface area contributed by atoms with Gasteiger partial charge in [0.25, 0.3) is 0 Å². The van der Waals surface area contributed by atoms with Crippen molar-refractivity contribution in [3.63, 3.8) is 0 Å². The van der Waals surface area contributed by atoms with Crippen molar-refractivity contribution in [3.8, 4) is 17.0 Å². The van der Waals surface area contributed by atoms with Crippen molar-refractivity contribution in [2.45, 2.75) is 46.3 Å². The van der Waals surface area contributed by atoms with E-state index in [0.29, 0.717) is 6.42 Å². The number of aromatic nitrogens is 1. The van der Waals surface area contributed by atoms with Crippen molar-refractivity contribution < 1.29 is 9.53 Å². The van der Waals surface area contributed by atoms with E-state index in [1.54, 1.807) is 0 Å². The summed E-state index contributed by atoms with van der Waals surface area (Å²) in [6.07, 6.45) is 1.41. The number of rotatable bonds is 4. The third kappa shape index (κ3) is 3.03. The predicted molar refractivity (Wildman–Crippen MR) is 110 cm³/mol. The van der Waals surface area contributed by atoms with Gasteiger partial charge in [0.2, 0.25) is 5.91 Å². The Bertz CT molecular complexity index is 1030. The lowest BCUT2D eigenvalue weighted by Crippen LogP contribution is -2.18. The van der Waals surface area contributed by atoms with E-state index < -0.39 is 0 Å². The van der Waals surface area contributed by atoms with Gasteiger partial charge in [-0.3, -0.25) is 4.79 Å². The second-order valence-electron chi connectivity index (χ2n) is 7.27. The van der Waals surface area contributed by atoms with Crippen molar-refractivity contribution in [2.24, 2.45) is 0 Å². The molecule has 0 saturated carbocycles. The number of ether oxygens (including phenoxy) is 1. The Labute approximate surface area is 159 Å². The smallest absolute Gasteiger partial charge is 0.224 e. The predicted octanol–water partition coefficient (Wildman–Crippen LogP) is 4.58. The summed E-state index contributed by atoms with van der Waals surface area (Å²) >= 11 is 0. The minimum Gasteiger partial charge on any atom is -0.491 e. The molecule has 3 aromatic rings. The zero-order chi connectivity index (χ0) is 19.1. The van der Waals surface area contributed by atoms with E-state index in [4.69, 9.17) is 10.5 Å². The molecule has 27 heavy (non-hydrogen) atoms. The fraction of sp³-hybridized carbons (Fsp3) is 0.318. The molecule has 5 nitrogen and oxygen atoms in total. The summed E-state index contributed by atoms with van der Waals surface area (Å²) in [7, 11) is 0. The summed E-state index contributed by atoms with van der Waals surface area (Å²) in [5, 5.41) is 3.98. The van der Waals surface area contributed by atoms with Crippen LogP contribution < -0.4 is 15.8 Å². The van der Waals surface area contributed by atoms with Gasteiger partial charge in [0.05, 0.1) is 23.0 Å². The van der Waals surface area contributed by atoms with Crippen LogP contribution in [0, 0.1) is 0 Å². The van der Waals surface area contributed by atoms with Gasteiger partial charge < -0.3 is 20.4 Å². The number of carbonyl (C=O) groups excluding carboxylic acids is 1. The molecule has 1 aromatic heterocycles.